The molecule has 13 heteroatoms. The summed E-state index contributed by atoms with van der Waals surface area (Å²) in [6, 6.07) is 18.4. The van der Waals surface area contributed by atoms with Crippen molar-refractivity contribution >= 4 is 40.5 Å². The Kier molecular flexibility index (Phi) is 8.08. The van der Waals surface area contributed by atoms with E-state index in [0.29, 0.717) is 43.2 Å². The van der Waals surface area contributed by atoms with E-state index in [0.717, 1.165) is 31.9 Å². The smallest absolute Gasteiger partial charge is 0.338 e. The summed E-state index contributed by atoms with van der Waals surface area (Å²) in [5.41, 5.74) is 2.81. The lowest BCUT2D eigenvalue weighted by atomic mass is 9.93. The minimum atomic E-state index is -0.903. The third-order valence-corrected chi connectivity index (χ3v) is 9.42. The number of esters is 1. The second kappa shape index (κ2) is 12.5. The van der Waals surface area contributed by atoms with Gasteiger partial charge >= 0.3 is 5.97 Å². The number of hydrogen-bond donors (Lipinski definition) is 0. The first-order chi connectivity index (χ1) is 22.8. The molecule has 47 heavy (non-hydrogen) atoms. The zero-order valence-electron chi connectivity index (χ0n) is 25.8. The summed E-state index contributed by atoms with van der Waals surface area (Å²) in [5.74, 6) is 0.468. The molecule has 1 saturated heterocycles. The van der Waals surface area contributed by atoms with E-state index in [2.05, 4.69) is 16.8 Å². The Morgan fingerprint density at radius 2 is 1.83 bits per heavy atom. The molecule has 3 aliphatic rings. The Bertz CT molecular complexity index is 2100. The fourth-order valence-electron chi connectivity index (χ4n) is 6.09. The summed E-state index contributed by atoms with van der Waals surface area (Å²) in [6.45, 7) is 5.08. The van der Waals surface area contributed by atoms with Crippen LogP contribution in [0.2, 0.25) is 0 Å². The highest BCUT2D eigenvalue weighted by Gasteiger charge is 2.36. The SMILES string of the molecule is CCOC(=O)C1=C(c2ccccc2)N=c2s/c(=C\c3cc([N+](=O)[O-])ccc3N3CCN(C)CC3)c(=O)n2C1c1ccc2c(c1)OCO2. The maximum absolute atomic E-state index is 14.5. The molecule has 3 aromatic carbocycles. The number of ether oxygens (including phenoxy) is 3. The van der Waals surface area contributed by atoms with Crippen molar-refractivity contribution in [1.29, 1.82) is 0 Å². The van der Waals surface area contributed by atoms with Crippen molar-refractivity contribution in [2.75, 3.05) is 51.5 Å². The lowest BCUT2D eigenvalue weighted by Crippen LogP contribution is -2.44. The van der Waals surface area contributed by atoms with Crippen LogP contribution in [0.15, 0.2) is 82.1 Å². The Hall–Kier alpha value is -5.27. The highest BCUT2D eigenvalue weighted by atomic mass is 32.1. The van der Waals surface area contributed by atoms with Gasteiger partial charge in [-0.05, 0) is 43.8 Å². The number of thiazole rings is 1. The van der Waals surface area contributed by atoms with E-state index in [9.17, 15) is 19.7 Å². The van der Waals surface area contributed by atoms with Crippen molar-refractivity contribution in [2.24, 2.45) is 4.99 Å². The number of nitro groups is 1. The number of aromatic nitrogens is 1. The average molecular weight is 654 g/mol. The van der Waals surface area contributed by atoms with Crippen molar-refractivity contribution in [3.63, 3.8) is 0 Å². The van der Waals surface area contributed by atoms with Gasteiger partial charge in [-0.3, -0.25) is 19.5 Å². The molecule has 7 rings (SSSR count). The van der Waals surface area contributed by atoms with E-state index in [4.69, 9.17) is 19.2 Å². The van der Waals surface area contributed by atoms with Crippen LogP contribution in [0.25, 0.3) is 11.8 Å². The number of carbonyl (C=O) groups is 1. The minimum Gasteiger partial charge on any atom is -0.463 e. The molecular formula is C34H31N5O7S. The van der Waals surface area contributed by atoms with E-state index in [-0.39, 0.29) is 30.2 Å². The van der Waals surface area contributed by atoms with E-state index >= 15 is 0 Å². The molecule has 12 nitrogen and oxygen atoms in total. The first-order valence-electron chi connectivity index (χ1n) is 15.2. The molecule has 0 amide bonds. The van der Waals surface area contributed by atoms with Gasteiger partial charge in [-0.15, -0.1) is 0 Å². The van der Waals surface area contributed by atoms with Crippen LogP contribution in [0, 0.1) is 10.1 Å². The van der Waals surface area contributed by atoms with Gasteiger partial charge in [0.1, 0.15) is 0 Å². The lowest BCUT2D eigenvalue weighted by Gasteiger charge is -2.34. The monoisotopic (exact) mass is 653 g/mol. The molecule has 0 aliphatic carbocycles. The zero-order chi connectivity index (χ0) is 32.7. The minimum absolute atomic E-state index is 0.0657. The number of benzene rings is 3. The summed E-state index contributed by atoms with van der Waals surface area (Å²) in [7, 11) is 2.06. The summed E-state index contributed by atoms with van der Waals surface area (Å²) in [5, 5.41) is 11.8. The Labute approximate surface area is 273 Å². The highest BCUT2D eigenvalue weighted by molar-refractivity contribution is 7.07. The second-order valence-electron chi connectivity index (χ2n) is 11.3. The van der Waals surface area contributed by atoms with Gasteiger partial charge in [0.15, 0.2) is 16.3 Å². The Morgan fingerprint density at radius 3 is 2.57 bits per heavy atom. The number of nitrogens with zero attached hydrogens (tertiary/aromatic N) is 5. The third kappa shape index (κ3) is 5.68. The quantitative estimate of drug-likeness (QED) is 0.168. The van der Waals surface area contributed by atoms with Gasteiger partial charge in [-0.2, -0.15) is 0 Å². The van der Waals surface area contributed by atoms with E-state index in [1.165, 1.54) is 28.0 Å². The normalized spacial score (nSPS) is 17.8. The zero-order valence-corrected chi connectivity index (χ0v) is 26.6. The van der Waals surface area contributed by atoms with Crippen molar-refractivity contribution < 1.29 is 23.9 Å². The lowest BCUT2D eigenvalue weighted by molar-refractivity contribution is -0.384. The fourth-order valence-corrected chi connectivity index (χ4v) is 7.08. The van der Waals surface area contributed by atoms with Gasteiger partial charge in [0.05, 0.1) is 33.4 Å². The number of likely N-dealkylation sites (N-methyl/N-ethyl adjacent to an activating group) is 1. The summed E-state index contributed by atoms with van der Waals surface area (Å²) < 4.78 is 18.6. The van der Waals surface area contributed by atoms with E-state index < -0.39 is 16.9 Å². The van der Waals surface area contributed by atoms with Crippen LogP contribution in [-0.2, 0) is 9.53 Å². The Balaban J connectivity index is 1.47. The van der Waals surface area contributed by atoms with Crippen LogP contribution < -0.4 is 29.3 Å². The molecule has 1 aromatic heterocycles. The van der Waals surface area contributed by atoms with Gasteiger partial charge < -0.3 is 24.0 Å². The molecular weight excluding hydrogens is 622 g/mol. The molecule has 4 aromatic rings. The van der Waals surface area contributed by atoms with Gasteiger partial charge in [0.25, 0.3) is 11.2 Å². The molecule has 1 unspecified atom stereocenters. The van der Waals surface area contributed by atoms with Gasteiger partial charge in [-0.1, -0.05) is 47.7 Å². The van der Waals surface area contributed by atoms with Crippen LogP contribution in [0.3, 0.4) is 0 Å². The predicted molar refractivity (Wildman–Crippen MR) is 176 cm³/mol. The van der Waals surface area contributed by atoms with Gasteiger partial charge in [-0.25, -0.2) is 9.79 Å². The number of fused-ring (bicyclic) bond motifs is 2. The van der Waals surface area contributed by atoms with Crippen LogP contribution in [-0.4, -0.2) is 67.0 Å². The van der Waals surface area contributed by atoms with Crippen molar-refractivity contribution in [3.8, 4) is 11.5 Å². The average Bonchev–Trinajstić information content (AvgIpc) is 3.68. The van der Waals surface area contributed by atoms with E-state index in [1.807, 2.05) is 30.3 Å². The van der Waals surface area contributed by atoms with Crippen molar-refractivity contribution in [2.45, 2.75) is 13.0 Å². The molecule has 1 atom stereocenters. The number of nitro benzene ring substituents is 1. The maximum Gasteiger partial charge on any atom is 0.338 e. The highest BCUT2D eigenvalue weighted by Crippen LogP contribution is 2.40. The second-order valence-corrected chi connectivity index (χ2v) is 12.3. The molecule has 0 spiro atoms. The van der Waals surface area contributed by atoms with Crippen LogP contribution in [0.1, 0.15) is 29.7 Å². The maximum atomic E-state index is 14.5. The molecule has 3 aliphatic heterocycles. The van der Waals surface area contributed by atoms with Crippen LogP contribution in [0.5, 0.6) is 11.5 Å². The summed E-state index contributed by atoms with van der Waals surface area (Å²) >= 11 is 1.17. The number of rotatable bonds is 7. The molecule has 0 bridgehead atoms. The first-order valence-corrected chi connectivity index (χ1v) is 16.0. The van der Waals surface area contributed by atoms with Crippen molar-refractivity contribution in [1.82, 2.24) is 9.47 Å². The standard InChI is InChI=1S/C34H31N5O7S/c1-3-44-33(41)29-30(21-7-5-4-6-8-21)35-34-38(31(29)22-9-12-26-27(18-22)46-20-45-26)32(40)28(47-34)19-23-17-24(39(42)43)10-11-25(23)37-15-13-36(2)14-16-37/h4-12,17-19,31H,3,13-16,20H2,1-2H3/b28-19-. The topological polar surface area (TPSA) is 129 Å². The van der Waals surface area contributed by atoms with Crippen molar-refractivity contribution in [3.05, 3.63) is 119 Å². The van der Waals surface area contributed by atoms with Gasteiger partial charge in [0, 0.05) is 55.1 Å². The third-order valence-electron chi connectivity index (χ3n) is 8.44. The van der Waals surface area contributed by atoms with Crippen LogP contribution >= 0.6 is 11.3 Å². The molecule has 4 heterocycles. The molecule has 240 valence electrons. The fraction of sp³-hybridized carbons (Fsp3) is 0.265. The number of non-ortho nitro benzene ring substituents is 1. The predicted octanol–water partition coefficient (Wildman–Crippen LogP) is 3.32. The van der Waals surface area contributed by atoms with E-state index in [1.54, 1.807) is 37.3 Å². The van der Waals surface area contributed by atoms with Crippen LogP contribution in [0.4, 0.5) is 11.4 Å². The van der Waals surface area contributed by atoms with Gasteiger partial charge in [0.2, 0.25) is 6.79 Å². The molecule has 0 saturated carbocycles. The molecule has 1 fully saturated rings. The summed E-state index contributed by atoms with van der Waals surface area (Å²) in [4.78, 5) is 49.3. The molecule has 0 radical (unpaired) electrons. The first kappa shape index (κ1) is 30.4. The number of anilines is 1. The summed E-state index contributed by atoms with van der Waals surface area (Å²) in [6.07, 6.45) is 1.69. The molecule has 0 N–H and O–H groups in total. The Morgan fingerprint density at radius 1 is 1.06 bits per heavy atom. The largest absolute Gasteiger partial charge is 0.463 e. The number of carbonyl (C=O) groups excluding carboxylic acids is 1. The number of hydrogen-bond acceptors (Lipinski definition) is 11. The number of piperazine rings is 1.